The summed E-state index contributed by atoms with van der Waals surface area (Å²) in [5.41, 5.74) is 0. The number of nitrogens with one attached hydrogen (secondary N) is 2. The lowest BCUT2D eigenvalue weighted by Gasteiger charge is -2.23. The van der Waals surface area contributed by atoms with Crippen molar-refractivity contribution in [3.05, 3.63) is 12.2 Å². The van der Waals surface area contributed by atoms with Gasteiger partial charge in [0.05, 0.1) is 10.8 Å². The van der Waals surface area contributed by atoms with Gasteiger partial charge in [0, 0.05) is 0 Å². The molecule has 0 bridgehead atoms. The van der Waals surface area contributed by atoms with Crippen LogP contribution in [0.25, 0.3) is 0 Å². The molecule has 2 atom stereocenters. The second-order valence-corrected chi connectivity index (χ2v) is 8.34. The predicted molar refractivity (Wildman–Crippen MR) is 86.6 cm³/mol. The molecule has 6 nitrogen and oxygen atoms in total. The Bertz CT molecular complexity index is 472. The van der Waals surface area contributed by atoms with Crippen molar-refractivity contribution in [3.63, 3.8) is 0 Å². The number of hydrogen-bond acceptors (Lipinski definition) is 4. The van der Waals surface area contributed by atoms with Gasteiger partial charge in [-0.05, 0) is 39.0 Å². The van der Waals surface area contributed by atoms with E-state index in [1.807, 2.05) is 12.2 Å². The summed E-state index contributed by atoms with van der Waals surface area (Å²) < 4.78 is 25.6. The Labute approximate surface area is 133 Å². The monoisotopic (exact) mass is 332 g/mol. The van der Waals surface area contributed by atoms with Crippen molar-refractivity contribution in [1.82, 2.24) is 10.0 Å². The number of sulfonamides is 1. The molecular formula is C15H28N2O4S. The lowest BCUT2D eigenvalue weighted by molar-refractivity contribution is -0.111. The van der Waals surface area contributed by atoms with E-state index in [0.717, 1.165) is 19.3 Å². The molecule has 1 saturated carbocycles. The van der Waals surface area contributed by atoms with Crippen LogP contribution in [0.15, 0.2) is 12.2 Å². The van der Waals surface area contributed by atoms with Gasteiger partial charge in [0.25, 0.3) is 0 Å². The molecule has 1 aliphatic rings. The van der Waals surface area contributed by atoms with Crippen LogP contribution in [-0.2, 0) is 14.8 Å². The average molecular weight is 332 g/mol. The summed E-state index contributed by atoms with van der Waals surface area (Å²) in [6.45, 7) is 3.79. The van der Waals surface area contributed by atoms with Crippen LogP contribution >= 0.6 is 0 Å². The van der Waals surface area contributed by atoms with E-state index in [1.165, 1.54) is 6.42 Å². The van der Waals surface area contributed by atoms with Gasteiger partial charge in [-0.1, -0.05) is 31.9 Å². The molecule has 1 aliphatic carbocycles. The zero-order valence-electron chi connectivity index (χ0n) is 13.4. The van der Waals surface area contributed by atoms with Crippen molar-refractivity contribution in [2.24, 2.45) is 0 Å². The van der Waals surface area contributed by atoms with Crippen molar-refractivity contribution < 1.29 is 18.3 Å². The number of aliphatic hydroxyl groups excluding tert-OH is 1. The molecule has 22 heavy (non-hydrogen) atoms. The van der Waals surface area contributed by atoms with E-state index in [2.05, 4.69) is 17.0 Å². The summed E-state index contributed by atoms with van der Waals surface area (Å²) in [5.74, 6) is 0. The highest BCUT2D eigenvalue weighted by Crippen LogP contribution is 2.42. The number of aliphatic hydroxyl groups is 1. The Morgan fingerprint density at radius 1 is 1.27 bits per heavy atom. The molecule has 128 valence electrons. The first-order valence-corrected chi connectivity index (χ1v) is 9.39. The van der Waals surface area contributed by atoms with Gasteiger partial charge in [-0.15, -0.1) is 0 Å². The summed E-state index contributed by atoms with van der Waals surface area (Å²) in [4.78, 5) is 10.6. The Kier molecular flexibility index (Phi) is 7.52. The molecule has 1 fully saturated rings. The standard InChI is InChI=1S/C15H28N2O4S/c1-3-4-5-6-7-8-9-13(16-12-18)14(19)17-22(20,21)15(2)10-11-15/h7-8,12-14,17,19H,3-6,9-11H2,1-2H3,(H,16,18)/b8-7-. The fourth-order valence-electron chi connectivity index (χ4n) is 2.08. The fraction of sp³-hybridized carbons (Fsp3) is 0.800. The van der Waals surface area contributed by atoms with Gasteiger partial charge in [0.1, 0.15) is 6.23 Å². The average Bonchev–Trinajstić information content (AvgIpc) is 3.20. The van der Waals surface area contributed by atoms with Crippen LogP contribution in [0.4, 0.5) is 0 Å². The second-order valence-electron chi connectivity index (χ2n) is 6.11. The number of unbranched alkanes of at least 4 members (excludes halogenated alkanes) is 3. The first-order chi connectivity index (χ1) is 10.4. The van der Waals surface area contributed by atoms with E-state index < -0.39 is 27.0 Å². The molecule has 0 aromatic heterocycles. The molecule has 2 unspecified atom stereocenters. The number of allylic oxidation sites excluding steroid dienone is 1. The van der Waals surface area contributed by atoms with Crippen molar-refractivity contribution in [2.45, 2.75) is 75.8 Å². The minimum absolute atomic E-state index is 0.380. The highest BCUT2D eigenvalue weighted by molar-refractivity contribution is 7.91. The van der Waals surface area contributed by atoms with Crippen LogP contribution in [0.3, 0.4) is 0 Å². The Morgan fingerprint density at radius 3 is 2.50 bits per heavy atom. The summed E-state index contributed by atoms with van der Waals surface area (Å²) in [6, 6.07) is -0.669. The van der Waals surface area contributed by atoms with Crippen LogP contribution in [0.2, 0.25) is 0 Å². The third-order valence-corrected chi connectivity index (χ3v) is 6.33. The maximum absolute atomic E-state index is 12.1. The smallest absolute Gasteiger partial charge is 0.219 e. The third kappa shape index (κ3) is 5.70. The summed E-state index contributed by atoms with van der Waals surface area (Å²) in [7, 11) is -3.57. The van der Waals surface area contributed by atoms with Crippen molar-refractivity contribution in [1.29, 1.82) is 0 Å². The van der Waals surface area contributed by atoms with E-state index >= 15 is 0 Å². The molecular weight excluding hydrogens is 304 g/mol. The number of hydrogen-bond donors (Lipinski definition) is 3. The van der Waals surface area contributed by atoms with E-state index in [4.69, 9.17) is 0 Å². The molecule has 0 aromatic rings. The largest absolute Gasteiger partial charge is 0.375 e. The van der Waals surface area contributed by atoms with E-state index in [0.29, 0.717) is 25.7 Å². The highest BCUT2D eigenvalue weighted by Gasteiger charge is 2.50. The van der Waals surface area contributed by atoms with E-state index in [9.17, 15) is 18.3 Å². The topological polar surface area (TPSA) is 95.5 Å². The Balaban J connectivity index is 2.49. The van der Waals surface area contributed by atoms with Crippen LogP contribution in [0, 0.1) is 0 Å². The van der Waals surface area contributed by atoms with Gasteiger partial charge in [-0.25, -0.2) is 8.42 Å². The fourth-order valence-corrected chi connectivity index (χ4v) is 3.48. The molecule has 0 heterocycles. The minimum atomic E-state index is -3.57. The summed E-state index contributed by atoms with van der Waals surface area (Å²) >= 11 is 0. The third-order valence-electron chi connectivity index (χ3n) is 4.07. The molecule has 0 saturated heterocycles. The quantitative estimate of drug-likeness (QED) is 0.218. The molecule has 3 N–H and O–H groups in total. The van der Waals surface area contributed by atoms with Crippen LogP contribution < -0.4 is 10.0 Å². The number of amides is 1. The summed E-state index contributed by atoms with van der Waals surface area (Å²) in [5, 5.41) is 12.5. The van der Waals surface area contributed by atoms with Gasteiger partial charge in [-0.2, -0.15) is 4.72 Å². The van der Waals surface area contributed by atoms with E-state index in [-0.39, 0.29) is 0 Å². The Hall–Kier alpha value is -0.920. The van der Waals surface area contributed by atoms with Crippen LogP contribution in [0.5, 0.6) is 0 Å². The molecule has 0 spiro atoms. The van der Waals surface area contributed by atoms with Crippen LogP contribution in [0.1, 0.15) is 58.8 Å². The van der Waals surface area contributed by atoms with Crippen molar-refractivity contribution in [3.8, 4) is 0 Å². The van der Waals surface area contributed by atoms with Gasteiger partial charge >= 0.3 is 0 Å². The zero-order chi connectivity index (χ0) is 16.6. The molecule has 1 rings (SSSR count). The maximum Gasteiger partial charge on any atom is 0.219 e. The number of carbonyl (C=O) groups is 1. The first kappa shape index (κ1) is 19.1. The normalized spacial score (nSPS) is 19.8. The molecule has 7 heteroatoms. The first-order valence-electron chi connectivity index (χ1n) is 7.91. The number of carbonyl (C=O) groups excluding carboxylic acids is 1. The number of rotatable bonds is 12. The highest BCUT2D eigenvalue weighted by atomic mass is 32.2. The Morgan fingerprint density at radius 2 is 1.95 bits per heavy atom. The predicted octanol–water partition coefficient (Wildman–Crippen LogP) is 1.42. The maximum atomic E-state index is 12.1. The second kappa shape index (κ2) is 8.64. The van der Waals surface area contributed by atoms with Gasteiger partial charge in [-0.3, -0.25) is 4.79 Å². The molecule has 0 radical (unpaired) electrons. The van der Waals surface area contributed by atoms with E-state index in [1.54, 1.807) is 6.92 Å². The van der Waals surface area contributed by atoms with Gasteiger partial charge in [0.15, 0.2) is 0 Å². The molecule has 1 amide bonds. The summed E-state index contributed by atoms with van der Waals surface area (Å²) in [6.07, 6.45) is 8.96. The molecule has 0 aromatic carbocycles. The van der Waals surface area contributed by atoms with Crippen molar-refractivity contribution >= 4 is 16.4 Å². The van der Waals surface area contributed by atoms with Crippen molar-refractivity contribution in [2.75, 3.05) is 0 Å². The van der Waals surface area contributed by atoms with Gasteiger partial charge in [0.2, 0.25) is 16.4 Å². The van der Waals surface area contributed by atoms with Gasteiger partial charge < -0.3 is 10.4 Å². The van der Waals surface area contributed by atoms with Crippen LogP contribution in [-0.4, -0.2) is 37.0 Å². The zero-order valence-corrected chi connectivity index (χ0v) is 14.2. The SMILES string of the molecule is CCCCC/C=C\CC(NC=O)C(O)NS(=O)(=O)C1(C)CC1. The lowest BCUT2D eigenvalue weighted by atomic mass is 10.1. The minimum Gasteiger partial charge on any atom is -0.375 e. The lowest BCUT2D eigenvalue weighted by Crippen LogP contribution is -2.51. The molecule has 0 aliphatic heterocycles.